The molecule has 0 spiro atoms. The zero-order valence-corrected chi connectivity index (χ0v) is 16.5. The minimum atomic E-state index is -3.74. The molecule has 5 heteroatoms. The number of carbonyl (C=O) groups excluding carboxylic acids is 1. The van der Waals surface area contributed by atoms with E-state index in [0.29, 0.717) is 0 Å². The second-order valence-corrected chi connectivity index (χ2v) is 8.29. The van der Waals surface area contributed by atoms with Crippen LogP contribution >= 0.6 is 0 Å². The van der Waals surface area contributed by atoms with Gasteiger partial charge in [-0.05, 0) is 30.5 Å². The third-order valence-corrected chi connectivity index (χ3v) is 5.79. The lowest BCUT2D eigenvalue weighted by molar-refractivity contribution is -0.119. The molecule has 1 aromatic rings. The fourth-order valence-electron chi connectivity index (χ4n) is 2.76. The lowest BCUT2D eigenvalue weighted by atomic mass is 10.1. The van der Waals surface area contributed by atoms with Crippen LogP contribution in [0.4, 0.5) is 0 Å². The fraction of sp³-hybridized carbons (Fsp3) is 0.650. The zero-order chi connectivity index (χ0) is 18.5. The van der Waals surface area contributed by atoms with E-state index in [-0.39, 0.29) is 11.3 Å². The van der Waals surface area contributed by atoms with Crippen molar-refractivity contribution in [1.82, 2.24) is 4.72 Å². The molecule has 0 aliphatic heterocycles. The molecule has 0 heterocycles. The summed E-state index contributed by atoms with van der Waals surface area (Å²) in [4.78, 5) is 12.0. The van der Waals surface area contributed by atoms with Gasteiger partial charge >= 0.3 is 0 Å². The van der Waals surface area contributed by atoms with Crippen molar-refractivity contribution in [2.24, 2.45) is 0 Å². The third-order valence-electron chi connectivity index (χ3n) is 4.40. The van der Waals surface area contributed by atoms with Gasteiger partial charge in [0.2, 0.25) is 5.91 Å². The van der Waals surface area contributed by atoms with Gasteiger partial charge in [-0.1, -0.05) is 77.3 Å². The van der Waals surface area contributed by atoms with E-state index >= 15 is 0 Å². The number of unbranched alkanes of at least 4 members (excludes halogenated alkanes) is 8. The summed E-state index contributed by atoms with van der Waals surface area (Å²) < 4.78 is 26.5. The molecule has 1 N–H and O–H groups in total. The van der Waals surface area contributed by atoms with Gasteiger partial charge in [0.25, 0.3) is 10.0 Å². The first-order valence-corrected chi connectivity index (χ1v) is 11.1. The smallest absolute Gasteiger partial charge is 0.264 e. The number of amides is 1. The highest BCUT2D eigenvalue weighted by Gasteiger charge is 2.16. The van der Waals surface area contributed by atoms with Crippen LogP contribution in [0.1, 0.15) is 83.6 Å². The van der Waals surface area contributed by atoms with Crippen molar-refractivity contribution in [3.05, 3.63) is 29.8 Å². The Kier molecular flexibility index (Phi) is 10.5. The fourth-order valence-corrected chi connectivity index (χ4v) is 3.77. The molecular weight excluding hydrogens is 334 g/mol. The normalized spacial score (nSPS) is 11.4. The summed E-state index contributed by atoms with van der Waals surface area (Å²) in [6, 6.07) is 6.65. The average molecular weight is 368 g/mol. The van der Waals surface area contributed by atoms with Gasteiger partial charge in [-0.3, -0.25) is 4.79 Å². The zero-order valence-electron chi connectivity index (χ0n) is 15.7. The lowest BCUT2D eigenvalue weighted by Gasteiger charge is -2.07. The van der Waals surface area contributed by atoms with Crippen LogP contribution in [0, 0.1) is 0 Å². The van der Waals surface area contributed by atoms with E-state index in [4.69, 9.17) is 0 Å². The van der Waals surface area contributed by atoms with Crippen molar-refractivity contribution in [3.63, 3.8) is 0 Å². The number of aryl methyl sites for hydroxylation is 1. The maximum Gasteiger partial charge on any atom is 0.264 e. The molecule has 0 aromatic heterocycles. The van der Waals surface area contributed by atoms with Crippen molar-refractivity contribution in [3.8, 4) is 0 Å². The lowest BCUT2D eigenvalue weighted by Crippen LogP contribution is -2.30. The van der Waals surface area contributed by atoms with Gasteiger partial charge in [-0.2, -0.15) is 0 Å². The van der Waals surface area contributed by atoms with Gasteiger partial charge in [-0.15, -0.1) is 0 Å². The van der Waals surface area contributed by atoms with E-state index < -0.39 is 15.9 Å². The first kappa shape index (κ1) is 21.7. The second-order valence-electron chi connectivity index (χ2n) is 6.60. The summed E-state index contributed by atoms with van der Waals surface area (Å²) in [5.74, 6) is -0.414. The molecule has 1 aromatic carbocycles. The molecule has 0 aliphatic carbocycles. The quantitative estimate of drug-likeness (QED) is 0.500. The largest absolute Gasteiger partial charge is 0.274 e. The monoisotopic (exact) mass is 367 g/mol. The summed E-state index contributed by atoms with van der Waals surface area (Å²) in [6.07, 6.45) is 11.6. The van der Waals surface area contributed by atoms with Crippen molar-refractivity contribution >= 4 is 15.9 Å². The van der Waals surface area contributed by atoms with Crippen LogP contribution in [0.5, 0.6) is 0 Å². The summed E-state index contributed by atoms with van der Waals surface area (Å²) in [7, 11) is -3.74. The van der Waals surface area contributed by atoms with Crippen LogP contribution in [-0.4, -0.2) is 14.3 Å². The van der Waals surface area contributed by atoms with Crippen LogP contribution < -0.4 is 4.72 Å². The molecule has 0 bridgehead atoms. The number of benzene rings is 1. The highest BCUT2D eigenvalue weighted by atomic mass is 32.2. The molecule has 0 unspecified atom stereocenters. The van der Waals surface area contributed by atoms with Gasteiger partial charge in [0.05, 0.1) is 4.90 Å². The van der Waals surface area contributed by atoms with Crippen LogP contribution in [0.25, 0.3) is 0 Å². The molecule has 0 atom stereocenters. The molecule has 4 nitrogen and oxygen atoms in total. The number of hydrogen-bond acceptors (Lipinski definition) is 3. The Bertz CT molecular complexity index is 594. The van der Waals surface area contributed by atoms with Gasteiger partial charge in [-0.25, -0.2) is 13.1 Å². The van der Waals surface area contributed by atoms with Crippen LogP contribution in [-0.2, 0) is 21.2 Å². The molecular formula is C20H33NO3S. The molecule has 142 valence electrons. The molecule has 1 amide bonds. The van der Waals surface area contributed by atoms with Gasteiger partial charge in [0, 0.05) is 6.42 Å². The van der Waals surface area contributed by atoms with Crippen LogP contribution in [0.2, 0.25) is 0 Å². The minimum Gasteiger partial charge on any atom is -0.274 e. The SMILES string of the molecule is CCCCCCCCCCCC(=O)NS(=O)(=O)c1ccc(CC)cc1. The molecule has 1 rings (SSSR count). The van der Waals surface area contributed by atoms with Crippen molar-refractivity contribution < 1.29 is 13.2 Å². The predicted octanol–water partition coefficient (Wildman–Crippen LogP) is 4.97. The maximum absolute atomic E-state index is 12.2. The van der Waals surface area contributed by atoms with Crippen LogP contribution in [0.15, 0.2) is 29.2 Å². The van der Waals surface area contributed by atoms with E-state index in [1.165, 1.54) is 38.5 Å². The Morgan fingerprint density at radius 3 is 1.88 bits per heavy atom. The number of carbonyl (C=O) groups is 1. The molecule has 0 aliphatic rings. The highest BCUT2D eigenvalue weighted by molar-refractivity contribution is 7.90. The maximum atomic E-state index is 12.2. The number of nitrogens with one attached hydrogen (secondary N) is 1. The van der Waals surface area contributed by atoms with E-state index in [9.17, 15) is 13.2 Å². The van der Waals surface area contributed by atoms with Crippen molar-refractivity contribution in [2.75, 3.05) is 0 Å². The Morgan fingerprint density at radius 2 is 1.36 bits per heavy atom. The first-order valence-electron chi connectivity index (χ1n) is 9.64. The van der Waals surface area contributed by atoms with Gasteiger partial charge < -0.3 is 0 Å². The van der Waals surface area contributed by atoms with E-state index in [2.05, 4.69) is 11.6 Å². The van der Waals surface area contributed by atoms with Gasteiger partial charge in [0.1, 0.15) is 0 Å². The summed E-state index contributed by atoms with van der Waals surface area (Å²) in [6.45, 7) is 4.22. The van der Waals surface area contributed by atoms with Crippen molar-refractivity contribution in [1.29, 1.82) is 0 Å². The molecule has 25 heavy (non-hydrogen) atoms. The summed E-state index contributed by atoms with van der Waals surface area (Å²) >= 11 is 0. The summed E-state index contributed by atoms with van der Waals surface area (Å²) in [5, 5.41) is 0. The highest BCUT2D eigenvalue weighted by Crippen LogP contribution is 2.13. The molecule has 0 saturated heterocycles. The second kappa shape index (κ2) is 12.1. The number of hydrogen-bond donors (Lipinski definition) is 1. The topological polar surface area (TPSA) is 63.2 Å². The number of rotatable bonds is 13. The Labute approximate surface area is 153 Å². The Morgan fingerprint density at radius 1 is 0.840 bits per heavy atom. The van der Waals surface area contributed by atoms with Gasteiger partial charge in [0.15, 0.2) is 0 Å². The van der Waals surface area contributed by atoms with E-state index in [1.54, 1.807) is 24.3 Å². The molecule has 0 fully saturated rings. The Balaban J connectivity index is 2.22. The Hall–Kier alpha value is -1.36. The van der Waals surface area contributed by atoms with E-state index in [0.717, 1.165) is 31.2 Å². The van der Waals surface area contributed by atoms with E-state index in [1.807, 2.05) is 6.92 Å². The van der Waals surface area contributed by atoms with Crippen LogP contribution in [0.3, 0.4) is 0 Å². The average Bonchev–Trinajstić information content (AvgIpc) is 2.60. The summed E-state index contributed by atoms with van der Waals surface area (Å²) in [5.41, 5.74) is 1.07. The first-order chi connectivity index (χ1) is 12.0. The number of sulfonamides is 1. The third kappa shape index (κ3) is 9.05. The molecule has 0 saturated carbocycles. The predicted molar refractivity (Wildman–Crippen MR) is 103 cm³/mol. The minimum absolute atomic E-state index is 0.144. The molecule has 0 radical (unpaired) electrons. The standard InChI is InChI=1S/C20H33NO3S/c1-3-5-6-7-8-9-10-11-12-13-20(22)21-25(23,24)19-16-14-18(4-2)15-17-19/h14-17H,3-13H2,1-2H3,(H,21,22). The van der Waals surface area contributed by atoms with Crippen molar-refractivity contribution in [2.45, 2.75) is 89.4 Å².